The van der Waals surface area contributed by atoms with Crippen LogP contribution in [0, 0.1) is 0 Å². The first-order valence-corrected chi connectivity index (χ1v) is 9.37. The van der Waals surface area contributed by atoms with E-state index in [-0.39, 0.29) is 5.91 Å². The normalized spacial score (nSPS) is 15.3. The van der Waals surface area contributed by atoms with E-state index in [0.717, 1.165) is 33.5 Å². The number of para-hydroxylation sites is 2. The van der Waals surface area contributed by atoms with Gasteiger partial charge in [-0.15, -0.1) is 0 Å². The molecule has 0 fully saturated rings. The van der Waals surface area contributed by atoms with Gasteiger partial charge < -0.3 is 10.6 Å². The van der Waals surface area contributed by atoms with Crippen molar-refractivity contribution in [2.45, 2.75) is 12.5 Å². The summed E-state index contributed by atoms with van der Waals surface area (Å²) in [6.07, 6.45) is 0. The van der Waals surface area contributed by atoms with Gasteiger partial charge in [-0.1, -0.05) is 66.7 Å². The molecule has 0 saturated heterocycles. The molecule has 3 aromatic carbocycles. The Labute approximate surface area is 163 Å². The minimum atomic E-state index is -0.391. The van der Waals surface area contributed by atoms with E-state index in [1.165, 1.54) is 5.56 Å². The van der Waals surface area contributed by atoms with Crippen LogP contribution in [0.3, 0.4) is 0 Å². The molecule has 1 aliphatic rings. The van der Waals surface area contributed by atoms with E-state index < -0.39 is 5.92 Å². The van der Waals surface area contributed by atoms with E-state index in [9.17, 15) is 4.79 Å². The molecule has 1 aromatic heterocycles. The lowest BCUT2D eigenvalue weighted by molar-refractivity contribution is -0.116. The summed E-state index contributed by atoms with van der Waals surface area (Å²) in [6, 6.07) is 28.1. The van der Waals surface area contributed by atoms with Crippen molar-refractivity contribution in [3.05, 3.63) is 102 Å². The Morgan fingerprint density at radius 1 is 0.893 bits per heavy atom. The lowest BCUT2D eigenvalue weighted by Crippen LogP contribution is -2.15. The second-order valence-electron chi connectivity index (χ2n) is 6.96. The largest absolute Gasteiger partial charge is 0.380 e. The van der Waals surface area contributed by atoms with Crippen molar-refractivity contribution in [2.24, 2.45) is 0 Å². The number of fused-ring (bicyclic) bond motifs is 2. The zero-order chi connectivity index (χ0) is 18.9. The standard InChI is InChI=1S/C24H19N3O/c28-24-23(18-11-5-7-13-20(18)27-24)22-14-21(17-10-4-6-12-19(17)26-22)25-15-16-8-2-1-3-9-16/h1-14,23H,15H2,(H,25,26)(H,27,28). The lowest BCUT2D eigenvalue weighted by Gasteiger charge is -2.15. The molecule has 0 saturated carbocycles. The van der Waals surface area contributed by atoms with Crippen molar-refractivity contribution in [3.63, 3.8) is 0 Å². The van der Waals surface area contributed by atoms with Crippen molar-refractivity contribution in [2.75, 3.05) is 10.6 Å². The van der Waals surface area contributed by atoms with Gasteiger partial charge in [0.05, 0.1) is 11.2 Å². The van der Waals surface area contributed by atoms with E-state index >= 15 is 0 Å². The molecule has 0 aliphatic carbocycles. The summed E-state index contributed by atoms with van der Waals surface area (Å²) in [4.78, 5) is 17.5. The number of nitrogens with one attached hydrogen (secondary N) is 2. The number of hydrogen-bond acceptors (Lipinski definition) is 3. The van der Waals surface area contributed by atoms with Gasteiger partial charge in [0.1, 0.15) is 5.92 Å². The van der Waals surface area contributed by atoms with E-state index in [1.54, 1.807) is 0 Å². The highest BCUT2D eigenvalue weighted by Gasteiger charge is 2.33. The number of carbonyl (C=O) groups excluding carboxylic acids is 1. The van der Waals surface area contributed by atoms with Crippen LogP contribution in [0.4, 0.5) is 11.4 Å². The van der Waals surface area contributed by atoms with Crippen LogP contribution in [0.15, 0.2) is 84.9 Å². The maximum atomic E-state index is 12.7. The molecular formula is C24H19N3O. The number of aromatic nitrogens is 1. The van der Waals surface area contributed by atoms with Crippen molar-refractivity contribution in [1.29, 1.82) is 0 Å². The molecule has 1 atom stereocenters. The number of anilines is 2. The summed E-state index contributed by atoms with van der Waals surface area (Å²) < 4.78 is 0. The Balaban J connectivity index is 1.58. The third-order valence-corrected chi connectivity index (χ3v) is 5.15. The van der Waals surface area contributed by atoms with Gasteiger partial charge in [-0.25, -0.2) is 0 Å². The number of hydrogen-bond donors (Lipinski definition) is 2. The average Bonchev–Trinajstić information content (AvgIpc) is 3.08. The van der Waals surface area contributed by atoms with Gasteiger partial charge in [0, 0.05) is 23.3 Å². The monoisotopic (exact) mass is 365 g/mol. The summed E-state index contributed by atoms with van der Waals surface area (Å²) in [5, 5.41) is 7.56. The molecule has 1 unspecified atom stereocenters. The van der Waals surface area contributed by atoms with Crippen LogP contribution in [0.25, 0.3) is 10.9 Å². The molecule has 0 bridgehead atoms. The van der Waals surface area contributed by atoms with Gasteiger partial charge in [-0.3, -0.25) is 9.78 Å². The number of benzene rings is 3. The molecule has 0 spiro atoms. The van der Waals surface area contributed by atoms with Crippen LogP contribution in [0.1, 0.15) is 22.7 Å². The van der Waals surface area contributed by atoms with Crippen molar-refractivity contribution in [1.82, 2.24) is 4.98 Å². The van der Waals surface area contributed by atoms with Crippen LogP contribution in [0.5, 0.6) is 0 Å². The quantitative estimate of drug-likeness (QED) is 0.539. The Morgan fingerprint density at radius 2 is 1.64 bits per heavy atom. The smallest absolute Gasteiger partial charge is 0.238 e. The number of nitrogens with zero attached hydrogens (tertiary/aromatic N) is 1. The summed E-state index contributed by atoms with van der Waals surface area (Å²) >= 11 is 0. The molecule has 0 radical (unpaired) electrons. The van der Waals surface area contributed by atoms with Gasteiger partial charge in [0.25, 0.3) is 0 Å². The molecule has 4 heteroatoms. The average molecular weight is 365 g/mol. The Bertz CT molecular complexity index is 1170. The third-order valence-electron chi connectivity index (χ3n) is 5.15. The molecule has 4 aromatic rings. The first-order valence-electron chi connectivity index (χ1n) is 9.37. The maximum Gasteiger partial charge on any atom is 0.238 e. The zero-order valence-electron chi connectivity index (χ0n) is 15.2. The topological polar surface area (TPSA) is 54.0 Å². The minimum absolute atomic E-state index is 0.0296. The highest BCUT2D eigenvalue weighted by atomic mass is 16.2. The van der Waals surface area contributed by atoms with Crippen molar-refractivity contribution < 1.29 is 4.79 Å². The van der Waals surface area contributed by atoms with E-state index in [2.05, 4.69) is 28.8 Å². The molecular weight excluding hydrogens is 346 g/mol. The first-order chi connectivity index (χ1) is 13.8. The predicted octanol–water partition coefficient (Wildman–Crippen LogP) is 4.93. The SMILES string of the molecule is O=C1Nc2ccccc2C1c1cc(NCc2ccccc2)c2ccccc2n1. The van der Waals surface area contributed by atoms with E-state index in [1.807, 2.05) is 66.7 Å². The highest BCUT2D eigenvalue weighted by Crippen LogP contribution is 2.38. The van der Waals surface area contributed by atoms with Crippen LogP contribution in [0.2, 0.25) is 0 Å². The Hall–Kier alpha value is -3.66. The number of rotatable bonds is 4. The Kier molecular flexibility index (Phi) is 4.02. The minimum Gasteiger partial charge on any atom is -0.380 e. The summed E-state index contributed by atoms with van der Waals surface area (Å²) in [5.41, 5.74) is 5.68. The molecule has 136 valence electrons. The number of pyridine rings is 1. The Morgan fingerprint density at radius 3 is 2.54 bits per heavy atom. The molecule has 1 aliphatic heterocycles. The zero-order valence-corrected chi connectivity index (χ0v) is 15.2. The van der Waals surface area contributed by atoms with Crippen LogP contribution in [-0.2, 0) is 11.3 Å². The number of carbonyl (C=O) groups is 1. The van der Waals surface area contributed by atoms with Gasteiger partial charge in [0.15, 0.2) is 0 Å². The molecule has 2 heterocycles. The fourth-order valence-electron chi connectivity index (χ4n) is 3.79. The third kappa shape index (κ3) is 2.89. The van der Waals surface area contributed by atoms with Crippen molar-refractivity contribution >= 4 is 28.2 Å². The van der Waals surface area contributed by atoms with Crippen molar-refractivity contribution in [3.8, 4) is 0 Å². The summed E-state index contributed by atoms with van der Waals surface area (Å²) in [5.74, 6) is -0.420. The van der Waals surface area contributed by atoms with Crippen LogP contribution < -0.4 is 10.6 Å². The van der Waals surface area contributed by atoms with Crippen LogP contribution >= 0.6 is 0 Å². The lowest BCUT2D eigenvalue weighted by atomic mass is 9.95. The van der Waals surface area contributed by atoms with Gasteiger partial charge >= 0.3 is 0 Å². The highest BCUT2D eigenvalue weighted by molar-refractivity contribution is 6.05. The second-order valence-corrected chi connectivity index (χ2v) is 6.96. The second kappa shape index (κ2) is 6.82. The molecule has 5 rings (SSSR count). The molecule has 1 amide bonds. The fourth-order valence-corrected chi connectivity index (χ4v) is 3.79. The van der Waals surface area contributed by atoms with Gasteiger partial charge in [-0.2, -0.15) is 0 Å². The first kappa shape index (κ1) is 16.5. The summed E-state index contributed by atoms with van der Waals surface area (Å²) in [7, 11) is 0. The molecule has 2 N–H and O–H groups in total. The number of amides is 1. The summed E-state index contributed by atoms with van der Waals surface area (Å²) in [6.45, 7) is 0.710. The fraction of sp³-hybridized carbons (Fsp3) is 0.0833. The van der Waals surface area contributed by atoms with E-state index in [4.69, 9.17) is 4.98 Å². The predicted molar refractivity (Wildman–Crippen MR) is 112 cm³/mol. The maximum absolute atomic E-state index is 12.7. The van der Waals surface area contributed by atoms with E-state index in [0.29, 0.717) is 6.54 Å². The molecule has 28 heavy (non-hydrogen) atoms. The van der Waals surface area contributed by atoms with Gasteiger partial charge in [0.2, 0.25) is 5.91 Å². The van der Waals surface area contributed by atoms with Crippen LogP contribution in [-0.4, -0.2) is 10.9 Å². The molecule has 4 nitrogen and oxygen atoms in total. The van der Waals surface area contributed by atoms with Gasteiger partial charge in [-0.05, 0) is 29.3 Å².